The molecule has 0 unspecified atom stereocenters. The number of esters is 1. The van der Waals surface area contributed by atoms with Gasteiger partial charge in [-0.05, 0) is 31.9 Å². The molecule has 0 amide bonds. The molecule has 0 aromatic heterocycles. The third kappa shape index (κ3) is 5.96. The summed E-state index contributed by atoms with van der Waals surface area (Å²) in [5.41, 5.74) is 0. The Kier molecular flexibility index (Phi) is 7.34. The van der Waals surface area contributed by atoms with E-state index in [0.29, 0.717) is 18.8 Å². The van der Waals surface area contributed by atoms with Crippen molar-refractivity contribution in [2.24, 2.45) is 0 Å². The van der Waals surface area contributed by atoms with Gasteiger partial charge in [0.2, 0.25) is 0 Å². The molecule has 0 spiro atoms. The van der Waals surface area contributed by atoms with Crippen molar-refractivity contribution in [3.63, 3.8) is 0 Å². The van der Waals surface area contributed by atoms with Crippen molar-refractivity contribution in [3.8, 4) is 0 Å². The Bertz CT molecular complexity index is 376. The molecule has 18 heavy (non-hydrogen) atoms. The molecule has 3 nitrogen and oxygen atoms in total. The Hall–Kier alpha value is -1.16. The van der Waals surface area contributed by atoms with Gasteiger partial charge in [0.25, 0.3) is 0 Å². The quantitative estimate of drug-likeness (QED) is 0.538. The second-order valence-electron chi connectivity index (χ2n) is 3.98. The fourth-order valence-electron chi connectivity index (χ4n) is 1.60. The van der Waals surface area contributed by atoms with Crippen LogP contribution in [0, 0.1) is 0 Å². The minimum atomic E-state index is -0.917. The summed E-state index contributed by atoms with van der Waals surface area (Å²) in [4.78, 5) is 12.0. The van der Waals surface area contributed by atoms with E-state index in [2.05, 4.69) is 0 Å². The predicted molar refractivity (Wildman–Crippen MR) is 72.8 cm³/mol. The van der Waals surface area contributed by atoms with Crippen LogP contribution in [0.1, 0.15) is 32.6 Å². The minimum Gasteiger partial charge on any atom is -0.466 e. The normalized spacial score (nSPS) is 12.1. The molecule has 1 aromatic rings. The van der Waals surface area contributed by atoms with E-state index in [0.717, 1.165) is 24.2 Å². The average Bonchev–Trinajstić information content (AvgIpc) is 2.39. The van der Waals surface area contributed by atoms with Gasteiger partial charge in [0.15, 0.2) is 0 Å². The van der Waals surface area contributed by atoms with Crippen LogP contribution in [0.15, 0.2) is 35.2 Å². The van der Waals surface area contributed by atoms with Gasteiger partial charge in [0.05, 0.1) is 17.4 Å². The molecule has 0 aliphatic carbocycles. The Morgan fingerprint density at radius 2 is 1.89 bits per heavy atom. The molecule has 0 aliphatic heterocycles. The second kappa shape index (κ2) is 8.86. The van der Waals surface area contributed by atoms with Gasteiger partial charge in [-0.1, -0.05) is 24.6 Å². The van der Waals surface area contributed by atoms with Crippen molar-refractivity contribution >= 4 is 16.8 Å². The van der Waals surface area contributed by atoms with E-state index in [1.54, 1.807) is 6.92 Å². The topological polar surface area (TPSA) is 43.4 Å². The lowest BCUT2D eigenvalue weighted by atomic mass is 10.2. The largest absolute Gasteiger partial charge is 0.466 e. The first-order valence-corrected chi connectivity index (χ1v) is 7.65. The fraction of sp³-hybridized carbons (Fsp3) is 0.500. The molecule has 0 saturated carbocycles. The average molecular weight is 268 g/mol. The molecule has 100 valence electrons. The summed E-state index contributed by atoms with van der Waals surface area (Å²) in [7, 11) is -0.917. The van der Waals surface area contributed by atoms with Crippen LogP contribution >= 0.6 is 0 Å². The summed E-state index contributed by atoms with van der Waals surface area (Å²) in [6.07, 6.45) is 3.06. The third-order valence-electron chi connectivity index (χ3n) is 2.52. The first-order chi connectivity index (χ1) is 8.74. The second-order valence-corrected chi connectivity index (χ2v) is 5.55. The van der Waals surface area contributed by atoms with Gasteiger partial charge in [-0.15, -0.1) is 0 Å². The molecular weight excluding hydrogens is 248 g/mol. The van der Waals surface area contributed by atoms with Crippen LogP contribution in [0.25, 0.3) is 0 Å². The summed E-state index contributed by atoms with van der Waals surface area (Å²) in [6.45, 7) is 2.25. The standard InChI is InChI=1S/C14H20O3S/c1-2-17-14(15)11-7-4-8-12-18(16)13-9-5-3-6-10-13/h3,5-6,9-10H,2,4,7-8,11-12H2,1H3/t18-/m1/s1. The van der Waals surface area contributed by atoms with E-state index >= 15 is 0 Å². The lowest BCUT2D eigenvalue weighted by Crippen LogP contribution is -2.04. The van der Waals surface area contributed by atoms with Crippen LogP contribution in [-0.2, 0) is 20.3 Å². The van der Waals surface area contributed by atoms with E-state index in [1.807, 2.05) is 30.3 Å². The van der Waals surface area contributed by atoms with Crippen molar-refractivity contribution < 1.29 is 13.7 Å². The van der Waals surface area contributed by atoms with Crippen LogP contribution in [0.2, 0.25) is 0 Å². The maximum absolute atomic E-state index is 11.9. The maximum atomic E-state index is 11.9. The number of ether oxygens (including phenoxy) is 1. The summed E-state index contributed by atoms with van der Waals surface area (Å²) in [6, 6.07) is 9.48. The zero-order chi connectivity index (χ0) is 13.2. The lowest BCUT2D eigenvalue weighted by molar-refractivity contribution is -0.143. The van der Waals surface area contributed by atoms with Gasteiger partial charge in [0, 0.05) is 17.1 Å². The van der Waals surface area contributed by atoms with Gasteiger partial charge in [0.1, 0.15) is 0 Å². The highest BCUT2D eigenvalue weighted by Gasteiger charge is 2.04. The molecule has 0 fully saturated rings. The molecular formula is C14H20O3S. The first-order valence-electron chi connectivity index (χ1n) is 6.33. The first kappa shape index (κ1) is 14.9. The molecule has 0 radical (unpaired) electrons. The summed E-state index contributed by atoms with van der Waals surface area (Å²) < 4.78 is 16.7. The van der Waals surface area contributed by atoms with Crippen LogP contribution in [0.3, 0.4) is 0 Å². The van der Waals surface area contributed by atoms with E-state index in [4.69, 9.17) is 4.74 Å². The fourth-order valence-corrected chi connectivity index (χ4v) is 2.77. The van der Waals surface area contributed by atoms with Gasteiger partial charge >= 0.3 is 5.97 Å². The van der Waals surface area contributed by atoms with Crippen molar-refractivity contribution in [3.05, 3.63) is 30.3 Å². The van der Waals surface area contributed by atoms with E-state index in [-0.39, 0.29) is 5.97 Å². The number of benzene rings is 1. The lowest BCUT2D eigenvalue weighted by Gasteiger charge is -2.03. The molecule has 1 rings (SSSR count). The molecule has 0 saturated heterocycles. The van der Waals surface area contributed by atoms with Crippen molar-refractivity contribution in [1.29, 1.82) is 0 Å². The van der Waals surface area contributed by atoms with Crippen LogP contribution in [0.5, 0.6) is 0 Å². The Morgan fingerprint density at radius 3 is 2.56 bits per heavy atom. The molecule has 0 bridgehead atoms. The highest BCUT2D eigenvalue weighted by Crippen LogP contribution is 2.09. The zero-order valence-corrected chi connectivity index (χ0v) is 11.6. The van der Waals surface area contributed by atoms with E-state index < -0.39 is 10.8 Å². The van der Waals surface area contributed by atoms with Gasteiger partial charge in [-0.25, -0.2) is 0 Å². The monoisotopic (exact) mass is 268 g/mol. The van der Waals surface area contributed by atoms with Crippen LogP contribution < -0.4 is 0 Å². The number of hydrogen-bond acceptors (Lipinski definition) is 3. The summed E-state index contributed by atoms with van der Waals surface area (Å²) >= 11 is 0. The van der Waals surface area contributed by atoms with E-state index in [9.17, 15) is 9.00 Å². The predicted octanol–water partition coefficient (Wildman–Crippen LogP) is 2.92. The molecule has 1 atom stereocenters. The highest BCUT2D eigenvalue weighted by atomic mass is 32.2. The number of rotatable bonds is 8. The van der Waals surface area contributed by atoms with E-state index in [1.165, 1.54) is 0 Å². The SMILES string of the molecule is CCOC(=O)CCCCC[S@@](=O)c1ccccc1. The van der Waals surface area contributed by atoms with Crippen LogP contribution in [-0.4, -0.2) is 22.5 Å². The van der Waals surface area contributed by atoms with Crippen molar-refractivity contribution in [1.82, 2.24) is 0 Å². The smallest absolute Gasteiger partial charge is 0.305 e. The summed E-state index contributed by atoms with van der Waals surface area (Å²) in [5.74, 6) is 0.522. The van der Waals surface area contributed by atoms with Gasteiger partial charge in [-0.2, -0.15) is 0 Å². The Morgan fingerprint density at radius 1 is 1.17 bits per heavy atom. The number of carbonyl (C=O) groups excluding carboxylic acids is 1. The summed E-state index contributed by atoms with van der Waals surface area (Å²) in [5, 5.41) is 0. The van der Waals surface area contributed by atoms with Crippen molar-refractivity contribution in [2.75, 3.05) is 12.4 Å². The number of unbranched alkanes of at least 4 members (excludes halogenated alkanes) is 2. The minimum absolute atomic E-state index is 0.137. The van der Waals surface area contributed by atoms with Gasteiger partial charge in [-0.3, -0.25) is 9.00 Å². The Balaban J connectivity index is 2.11. The van der Waals surface area contributed by atoms with Crippen LogP contribution in [0.4, 0.5) is 0 Å². The molecule has 0 heterocycles. The van der Waals surface area contributed by atoms with Gasteiger partial charge < -0.3 is 4.74 Å². The molecule has 0 N–H and O–H groups in total. The molecule has 1 aromatic carbocycles. The maximum Gasteiger partial charge on any atom is 0.305 e. The zero-order valence-electron chi connectivity index (χ0n) is 10.8. The Labute approximate surface area is 111 Å². The number of hydrogen-bond donors (Lipinski definition) is 0. The third-order valence-corrected chi connectivity index (χ3v) is 3.98. The molecule has 4 heteroatoms. The highest BCUT2D eigenvalue weighted by molar-refractivity contribution is 7.85. The molecule has 0 aliphatic rings. The number of carbonyl (C=O) groups is 1. The van der Waals surface area contributed by atoms with Crippen molar-refractivity contribution in [2.45, 2.75) is 37.5 Å².